The molecule has 1 fully saturated rings. The zero-order chi connectivity index (χ0) is 20.9. The highest BCUT2D eigenvalue weighted by molar-refractivity contribution is 7.15. The summed E-state index contributed by atoms with van der Waals surface area (Å²) in [7, 11) is 0. The highest BCUT2D eigenvalue weighted by Crippen LogP contribution is 2.28. The number of rotatable bonds is 3. The lowest BCUT2D eigenvalue weighted by molar-refractivity contribution is -0.146. The molecule has 5 heterocycles. The predicted molar refractivity (Wildman–Crippen MR) is 103 cm³/mol. The van der Waals surface area contributed by atoms with Crippen LogP contribution in [0, 0.1) is 0 Å². The Labute approximate surface area is 171 Å². The van der Waals surface area contributed by atoms with E-state index in [4.69, 9.17) is 0 Å². The maximum absolute atomic E-state index is 13.1. The number of halogens is 3. The molecule has 0 atom stereocenters. The summed E-state index contributed by atoms with van der Waals surface area (Å²) in [5.74, 6) is -0.705. The van der Waals surface area contributed by atoms with Crippen molar-refractivity contribution in [2.45, 2.75) is 12.7 Å². The Kier molecular flexibility index (Phi) is 4.43. The van der Waals surface area contributed by atoms with Crippen molar-refractivity contribution in [1.29, 1.82) is 0 Å². The number of anilines is 1. The van der Waals surface area contributed by atoms with Gasteiger partial charge in [0, 0.05) is 50.4 Å². The van der Waals surface area contributed by atoms with Crippen LogP contribution in [0.15, 0.2) is 34.6 Å². The fourth-order valence-corrected chi connectivity index (χ4v) is 4.20. The standard InChI is InChI=1S/C17H15F3N8OS/c18-17(19,20)15-23-22-12-1-2-13(24-28(12)15)26-5-3-25(4-6-26)10-11-9-14(29)27-7-8-30-16(27)21-11/h1-2,7-9H,3-6,10H2. The van der Waals surface area contributed by atoms with Crippen molar-refractivity contribution in [3.8, 4) is 0 Å². The molecule has 5 rings (SSSR count). The van der Waals surface area contributed by atoms with Crippen LogP contribution in [0.1, 0.15) is 11.5 Å². The zero-order valence-electron chi connectivity index (χ0n) is 15.5. The van der Waals surface area contributed by atoms with Crippen molar-refractivity contribution in [1.82, 2.24) is 34.1 Å². The van der Waals surface area contributed by atoms with Gasteiger partial charge in [0.15, 0.2) is 10.6 Å². The molecule has 156 valence electrons. The first-order chi connectivity index (χ1) is 14.4. The average Bonchev–Trinajstić information content (AvgIpc) is 3.34. The van der Waals surface area contributed by atoms with Gasteiger partial charge in [-0.15, -0.1) is 26.6 Å². The fraction of sp³-hybridized carbons (Fsp3) is 0.353. The summed E-state index contributed by atoms with van der Waals surface area (Å²) in [5.41, 5.74) is 0.641. The van der Waals surface area contributed by atoms with Crippen LogP contribution < -0.4 is 10.5 Å². The van der Waals surface area contributed by atoms with Gasteiger partial charge in [-0.2, -0.15) is 17.7 Å². The Hall–Kier alpha value is -3.06. The fourth-order valence-electron chi connectivity index (χ4n) is 3.46. The molecule has 4 aromatic heterocycles. The molecule has 0 N–H and O–H groups in total. The Morgan fingerprint density at radius 2 is 1.90 bits per heavy atom. The Balaban J connectivity index is 1.30. The molecular weight excluding hydrogens is 421 g/mol. The minimum Gasteiger partial charge on any atom is -0.353 e. The van der Waals surface area contributed by atoms with Crippen molar-refractivity contribution in [2.75, 3.05) is 31.1 Å². The minimum atomic E-state index is -4.63. The highest BCUT2D eigenvalue weighted by atomic mass is 32.1. The third kappa shape index (κ3) is 3.39. The van der Waals surface area contributed by atoms with E-state index in [1.54, 1.807) is 12.3 Å². The van der Waals surface area contributed by atoms with Crippen LogP contribution in [0.3, 0.4) is 0 Å². The molecule has 4 aromatic rings. The van der Waals surface area contributed by atoms with E-state index in [0.717, 1.165) is 4.52 Å². The monoisotopic (exact) mass is 436 g/mol. The zero-order valence-corrected chi connectivity index (χ0v) is 16.3. The molecule has 13 heteroatoms. The van der Waals surface area contributed by atoms with Crippen LogP contribution in [0.25, 0.3) is 10.6 Å². The normalized spacial score (nSPS) is 16.0. The van der Waals surface area contributed by atoms with Crippen LogP contribution in [0.5, 0.6) is 0 Å². The van der Waals surface area contributed by atoms with E-state index in [-0.39, 0.29) is 11.2 Å². The van der Waals surface area contributed by atoms with Gasteiger partial charge in [-0.1, -0.05) is 0 Å². The number of piperazine rings is 1. The number of hydrogen-bond donors (Lipinski definition) is 0. The Morgan fingerprint density at radius 3 is 2.67 bits per heavy atom. The van der Waals surface area contributed by atoms with Gasteiger partial charge in [-0.05, 0) is 12.1 Å². The number of hydrogen-bond acceptors (Lipinski definition) is 8. The molecule has 1 saturated heterocycles. The first-order valence-corrected chi connectivity index (χ1v) is 9.99. The first-order valence-electron chi connectivity index (χ1n) is 9.11. The topological polar surface area (TPSA) is 83.9 Å². The van der Waals surface area contributed by atoms with Crippen LogP contribution in [-0.4, -0.2) is 60.3 Å². The van der Waals surface area contributed by atoms with E-state index in [9.17, 15) is 18.0 Å². The lowest BCUT2D eigenvalue weighted by Gasteiger charge is -2.35. The summed E-state index contributed by atoms with van der Waals surface area (Å²) < 4.78 is 41.5. The summed E-state index contributed by atoms with van der Waals surface area (Å²) in [6, 6.07) is 4.66. The number of fused-ring (bicyclic) bond motifs is 2. The quantitative estimate of drug-likeness (QED) is 0.482. The summed E-state index contributed by atoms with van der Waals surface area (Å²) in [6.07, 6.45) is -2.93. The van der Waals surface area contributed by atoms with Crippen molar-refractivity contribution in [3.05, 3.63) is 51.6 Å². The molecular formula is C17H15F3N8OS. The second-order valence-electron chi connectivity index (χ2n) is 6.89. The lowest BCUT2D eigenvalue weighted by atomic mass is 10.2. The third-order valence-electron chi connectivity index (χ3n) is 4.94. The van der Waals surface area contributed by atoms with Gasteiger partial charge >= 0.3 is 6.18 Å². The van der Waals surface area contributed by atoms with Gasteiger partial charge < -0.3 is 4.90 Å². The Morgan fingerprint density at radius 1 is 1.10 bits per heavy atom. The molecule has 0 bridgehead atoms. The van der Waals surface area contributed by atoms with Gasteiger partial charge in [0.25, 0.3) is 11.4 Å². The molecule has 0 saturated carbocycles. The number of thiazole rings is 1. The van der Waals surface area contributed by atoms with Crippen molar-refractivity contribution >= 4 is 27.8 Å². The summed E-state index contributed by atoms with van der Waals surface area (Å²) in [6.45, 7) is 3.04. The van der Waals surface area contributed by atoms with E-state index in [2.05, 4.69) is 25.2 Å². The van der Waals surface area contributed by atoms with Crippen LogP contribution in [0.4, 0.5) is 19.0 Å². The van der Waals surface area contributed by atoms with Crippen LogP contribution >= 0.6 is 11.3 Å². The molecule has 0 radical (unpaired) electrons. The van der Waals surface area contributed by atoms with E-state index in [0.29, 0.717) is 49.2 Å². The summed E-state index contributed by atoms with van der Waals surface area (Å²) in [5, 5.41) is 12.6. The van der Waals surface area contributed by atoms with Crippen molar-refractivity contribution in [2.24, 2.45) is 0 Å². The molecule has 0 spiro atoms. The maximum Gasteiger partial charge on any atom is 0.453 e. The molecule has 9 nitrogen and oxygen atoms in total. The van der Waals surface area contributed by atoms with Crippen LogP contribution in [0.2, 0.25) is 0 Å². The molecule has 0 amide bonds. The molecule has 0 unspecified atom stereocenters. The van der Waals surface area contributed by atoms with Gasteiger partial charge in [0.1, 0.15) is 5.82 Å². The molecule has 0 aliphatic carbocycles. The smallest absolute Gasteiger partial charge is 0.353 e. The molecule has 0 aromatic carbocycles. The largest absolute Gasteiger partial charge is 0.453 e. The maximum atomic E-state index is 13.1. The van der Waals surface area contributed by atoms with Gasteiger partial charge in [-0.25, -0.2) is 4.98 Å². The van der Waals surface area contributed by atoms with Gasteiger partial charge in [0.05, 0.1) is 5.69 Å². The molecule has 1 aliphatic heterocycles. The van der Waals surface area contributed by atoms with E-state index in [1.165, 1.54) is 27.9 Å². The van der Waals surface area contributed by atoms with E-state index >= 15 is 0 Å². The van der Waals surface area contributed by atoms with Crippen molar-refractivity contribution < 1.29 is 13.2 Å². The highest BCUT2D eigenvalue weighted by Gasteiger charge is 2.37. The average molecular weight is 436 g/mol. The summed E-state index contributed by atoms with van der Waals surface area (Å²) in [4.78, 5) is 21.4. The summed E-state index contributed by atoms with van der Waals surface area (Å²) >= 11 is 1.40. The lowest BCUT2D eigenvalue weighted by Crippen LogP contribution is -2.46. The first kappa shape index (κ1) is 18.9. The molecule has 30 heavy (non-hydrogen) atoms. The van der Waals surface area contributed by atoms with Crippen LogP contribution in [-0.2, 0) is 12.7 Å². The molecule has 1 aliphatic rings. The Bertz CT molecular complexity index is 1270. The second-order valence-corrected chi connectivity index (χ2v) is 7.76. The van der Waals surface area contributed by atoms with Gasteiger partial charge in [-0.3, -0.25) is 14.1 Å². The predicted octanol–water partition coefficient (Wildman–Crippen LogP) is 1.53. The third-order valence-corrected chi connectivity index (χ3v) is 5.70. The van der Waals surface area contributed by atoms with E-state index < -0.39 is 12.0 Å². The van der Waals surface area contributed by atoms with E-state index in [1.807, 2.05) is 10.3 Å². The number of alkyl halides is 3. The SMILES string of the molecule is O=c1cc(CN2CCN(c3ccc4nnc(C(F)(F)F)n4n3)CC2)nc2sccn12. The van der Waals surface area contributed by atoms with Crippen molar-refractivity contribution in [3.63, 3.8) is 0 Å². The number of aromatic nitrogens is 6. The van der Waals surface area contributed by atoms with Gasteiger partial charge in [0.2, 0.25) is 0 Å². The second kappa shape index (κ2) is 7.02. The number of nitrogens with zero attached hydrogens (tertiary/aromatic N) is 8. The minimum absolute atomic E-state index is 0.0473.